The number of methoxy groups -OCH3 is 1. The molecule has 0 bridgehead atoms. The zero-order valence-corrected chi connectivity index (χ0v) is 29.1. The van der Waals surface area contributed by atoms with Gasteiger partial charge < -0.3 is 39.5 Å². The fourth-order valence-electron chi connectivity index (χ4n) is 3.19. The highest BCUT2D eigenvalue weighted by molar-refractivity contribution is 7.99. The minimum atomic E-state index is -1.05. The van der Waals surface area contributed by atoms with Gasteiger partial charge in [0.1, 0.15) is 19.3 Å². The number of hydrogen-bond donors (Lipinski definition) is 3. The summed E-state index contributed by atoms with van der Waals surface area (Å²) in [5, 5.41) is 21.1. The van der Waals surface area contributed by atoms with Crippen molar-refractivity contribution in [2.75, 3.05) is 85.7 Å². The van der Waals surface area contributed by atoms with E-state index in [0.717, 1.165) is 32.5 Å². The van der Waals surface area contributed by atoms with Crippen molar-refractivity contribution in [1.82, 2.24) is 15.1 Å². The maximum Gasteiger partial charge on any atom is 0.312 e. The first kappa shape index (κ1) is 60.4. The molecule has 0 saturated heterocycles. The van der Waals surface area contributed by atoms with Crippen molar-refractivity contribution in [3.05, 3.63) is 0 Å². The zero-order chi connectivity index (χ0) is 33.7. The SMILES string of the molecule is C.C.C.C.CCCN(C)CCC(=O)O.CCCN(C)CCC(=O)OCC(O)COC(=O)CCSCC(C)(C)C(=O)OC.CCCNC. The smallest absolute Gasteiger partial charge is 0.312 e. The Balaban J connectivity index is -0.000000141. The van der Waals surface area contributed by atoms with Gasteiger partial charge in [0.15, 0.2) is 0 Å². The molecule has 13 heteroatoms. The summed E-state index contributed by atoms with van der Waals surface area (Å²) in [4.78, 5) is 49.0. The summed E-state index contributed by atoms with van der Waals surface area (Å²) in [6.45, 7) is 13.7. The van der Waals surface area contributed by atoms with Crippen LogP contribution in [0.3, 0.4) is 0 Å². The average molecular weight is 704 g/mol. The third kappa shape index (κ3) is 44.1. The molecule has 0 aliphatic carbocycles. The first-order valence-electron chi connectivity index (χ1n) is 15.1. The third-order valence-electron chi connectivity index (χ3n) is 5.64. The van der Waals surface area contributed by atoms with Crippen molar-refractivity contribution >= 4 is 35.6 Å². The number of esters is 3. The zero-order valence-electron chi connectivity index (χ0n) is 28.2. The molecule has 0 amide bonds. The molecule has 0 aromatic carbocycles. The van der Waals surface area contributed by atoms with Crippen LogP contribution >= 0.6 is 11.8 Å². The first-order chi connectivity index (χ1) is 20.2. The van der Waals surface area contributed by atoms with Crippen molar-refractivity contribution in [2.24, 2.45) is 5.41 Å². The molecule has 0 rings (SSSR count). The number of rotatable bonds is 22. The number of carbonyl (C=O) groups excluding carboxylic acids is 3. The topological polar surface area (TPSA) is 155 Å². The van der Waals surface area contributed by atoms with E-state index in [2.05, 4.69) is 26.1 Å². The largest absolute Gasteiger partial charge is 0.481 e. The normalized spacial score (nSPS) is 10.6. The van der Waals surface area contributed by atoms with Gasteiger partial charge in [-0.05, 0) is 73.9 Å². The Morgan fingerprint density at radius 3 is 1.60 bits per heavy atom. The Kier molecular flexibility index (Phi) is 51.7. The van der Waals surface area contributed by atoms with Crippen molar-refractivity contribution in [2.45, 2.75) is 109 Å². The van der Waals surface area contributed by atoms with Crippen LogP contribution < -0.4 is 5.32 Å². The Bertz CT molecular complexity index is 727. The number of ether oxygens (including phenoxy) is 3. The fourth-order valence-corrected chi connectivity index (χ4v) is 4.28. The van der Waals surface area contributed by atoms with Gasteiger partial charge in [0.25, 0.3) is 0 Å². The number of carboxylic acids is 1. The minimum Gasteiger partial charge on any atom is -0.481 e. The van der Waals surface area contributed by atoms with Crippen LogP contribution in [0.4, 0.5) is 0 Å². The summed E-state index contributed by atoms with van der Waals surface area (Å²) in [6, 6.07) is 0. The maximum absolute atomic E-state index is 11.7. The number of aliphatic hydroxyl groups is 1. The van der Waals surface area contributed by atoms with Crippen molar-refractivity contribution < 1.29 is 43.6 Å². The van der Waals surface area contributed by atoms with Crippen LogP contribution in [0.2, 0.25) is 0 Å². The molecule has 1 unspecified atom stereocenters. The number of thioether (sulfide) groups is 1. The molecular formula is C34H77N3O9S. The van der Waals surface area contributed by atoms with E-state index >= 15 is 0 Å². The standard InChI is InChI=1S/C19H35NO7S.C7H15NO2.C4H11N.4CH4/c1-6-9-20(4)10-7-16(22)26-12-15(21)13-27-17(23)8-11-28-14-19(2,3)18(24)25-5;1-3-5-8(2)6-4-7(9)10;1-3-4-5-2;;;;/h15,21H,6-14H2,1-5H3;3-6H2,1-2H3,(H,9,10);5H,3-4H2,1-2H3;4*1H4. The van der Waals surface area contributed by atoms with Crippen LogP contribution in [0.25, 0.3) is 0 Å². The van der Waals surface area contributed by atoms with Gasteiger partial charge in [0, 0.05) is 24.6 Å². The van der Waals surface area contributed by atoms with Crippen molar-refractivity contribution in [1.29, 1.82) is 0 Å². The molecule has 0 aromatic rings. The lowest BCUT2D eigenvalue weighted by atomic mass is 9.97. The molecule has 0 aromatic heterocycles. The predicted octanol–water partition coefficient (Wildman–Crippen LogP) is 5.45. The molecule has 1 atom stereocenters. The summed E-state index contributed by atoms with van der Waals surface area (Å²) in [7, 11) is 7.18. The lowest BCUT2D eigenvalue weighted by Crippen LogP contribution is -2.28. The lowest BCUT2D eigenvalue weighted by Gasteiger charge is -2.20. The summed E-state index contributed by atoms with van der Waals surface area (Å²) in [5.41, 5.74) is -0.616. The molecule has 0 aliphatic rings. The third-order valence-corrected chi connectivity index (χ3v) is 7.06. The van der Waals surface area contributed by atoms with E-state index in [1.807, 2.05) is 30.9 Å². The van der Waals surface area contributed by atoms with Gasteiger partial charge in [-0.2, -0.15) is 11.8 Å². The van der Waals surface area contributed by atoms with Gasteiger partial charge in [0.05, 0.1) is 31.8 Å². The highest BCUT2D eigenvalue weighted by Gasteiger charge is 2.28. The quantitative estimate of drug-likeness (QED) is 0.0744. The molecule has 3 N–H and O–H groups in total. The van der Waals surface area contributed by atoms with E-state index in [1.54, 1.807) is 13.8 Å². The van der Waals surface area contributed by atoms with E-state index in [9.17, 15) is 24.3 Å². The Morgan fingerprint density at radius 1 is 0.787 bits per heavy atom. The molecule has 0 saturated carbocycles. The monoisotopic (exact) mass is 704 g/mol. The van der Waals surface area contributed by atoms with Crippen molar-refractivity contribution in [3.63, 3.8) is 0 Å². The highest BCUT2D eigenvalue weighted by atomic mass is 32.2. The molecule has 0 aliphatic heterocycles. The number of nitrogens with zero attached hydrogens (tertiary/aromatic N) is 2. The molecule has 288 valence electrons. The summed E-state index contributed by atoms with van der Waals surface area (Å²) in [6.07, 6.45) is 2.94. The van der Waals surface area contributed by atoms with Crippen molar-refractivity contribution in [3.8, 4) is 0 Å². The minimum absolute atomic E-state index is 0. The molecule has 0 heterocycles. The summed E-state index contributed by atoms with van der Waals surface area (Å²) in [5.74, 6) is -0.831. The highest BCUT2D eigenvalue weighted by Crippen LogP contribution is 2.23. The van der Waals surface area contributed by atoms with Crippen LogP contribution in [0.5, 0.6) is 0 Å². The fraction of sp³-hybridized carbons (Fsp3) is 0.882. The number of aliphatic hydroxyl groups excluding tert-OH is 1. The second-order valence-corrected chi connectivity index (χ2v) is 11.9. The van der Waals surface area contributed by atoms with Gasteiger partial charge in [-0.25, -0.2) is 0 Å². The number of carbonyl (C=O) groups is 4. The predicted molar refractivity (Wildman–Crippen MR) is 199 cm³/mol. The number of nitrogens with one attached hydrogen (secondary N) is 1. The molecule has 0 fully saturated rings. The number of hydrogen-bond acceptors (Lipinski definition) is 12. The van der Waals surface area contributed by atoms with Crippen LogP contribution in [-0.2, 0) is 33.4 Å². The second-order valence-electron chi connectivity index (χ2n) is 10.8. The number of carboxylic acid groups (broad SMARTS) is 1. The van der Waals surface area contributed by atoms with E-state index in [1.165, 1.54) is 25.3 Å². The molecule has 47 heavy (non-hydrogen) atoms. The van der Waals surface area contributed by atoms with Gasteiger partial charge in [-0.1, -0.05) is 50.5 Å². The van der Waals surface area contributed by atoms with Gasteiger partial charge in [0.2, 0.25) is 0 Å². The van der Waals surface area contributed by atoms with Gasteiger partial charge >= 0.3 is 23.9 Å². The Morgan fingerprint density at radius 2 is 1.23 bits per heavy atom. The summed E-state index contributed by atoms with van der Waals surface area (Å²) >= 11 is 1.45. The van der Waals surface area contributed by atoms with E-state index in [-0.39, 0.29) is 68.2 Å². The Labute approximate surface area is 294 Å². The Hall–Kier alpha value is -1.93. The van der Waals surface area contributed by atoms with Gasteiger partial charge in [-0.3, -0.25) is 19.2 Å². The number of aliphatic carboxylic acids is 1. The molecule has 0 spiro atoms. The molecule has 0 radical (unpaired) electrons. The van der Waals surface area contributed by atoms with E-state index in [4.69, 9.17) is 19.3 Å². The van der Waals surface area contributed by atoms with E-state index < -0.39 is 29.4 Å². The first-order valence-corrected chi connectivity index (χ1v) is 16.2. The molecular weight excluding hydrogens is 626 g/mol. The lowest BCUT2D eigenvalue weighted by molar-refractivity contribution is -0.152. The van der Waals surface area contributed by atoms with Crippen LogP contribution in [-0.4, -0.2) is 136 Å². The van der Waals surface area contributed by atoms with Crippen LogP contribution in [0.15, 0.2) is 0 Å². The molecule has 12 nitrogen and oxygen atoms in total. The van der Waals surface area contributed by atoms with Crippen LogP contribution in [0.1, 0.15) is 103 Å². The van der Waals surface area contributed by atoms with Gasteiger partial charge in [-0.15, -0.1) is 0 Å². The average Bonchev–Trinajstić information content (AvgIpc) is 2.96. The second kappa shape index (κ2) is 40.2. The van der Waals surface area contributed by atoms with E-state index in [0.29, 0.717) is 24.6 Å². The summed E-state index contributed by atoms with van der Waals surface area (Å²) < 4.78 is 14.7. The maximum atomic E-state index is 11.7. The van der Waals surface area contributed by atoms with Crippen LogP contribution in [0, 0.1) is 5.41 Å².